The Bertz CT molecular complexity index is 1220. The van der Waals surface area contributed by atoms with Gasteiger partial charge in [-0.15, -0.1) is 0 Å². The number of alkyl halides is 3. The Hall–Kier alpha value is -3.43. The van der Waals surface area contributed by atoms with Crippen LogP contribution in [-0.2, 0) is 15.8 Å². The van der Waals surface area contributed by atoms with E-state index < -0.39 is 52.3 Å². The van der Waals surface area contributed by atoms with Crippen molar-refractivity contribution in [2.24, 2.45) is 11.3 Å². The average Bonchev–Trinajstić information content (AvgIpc) is 3.17. The molecule has 2 heterocycles. The smallest absolute Gasteiger partial charge is 0.355 e. The molecule has 1 spiro atoms. The van der Waals surface area contributed by atoms with Crippen molar-refractivity contribution < 1.29 is 31.9 Å². The van der Waals surface area contributed by atoms with Gasteiger partial charge in [0.1, 0.15) is 11.9 Å². The first-order valence-electron chi connectivity index (χ1n) is 12.6. The van der Waals surface area contributed by atoms with Gasteiger partial charge in [-0.3, -0.25) is 14.4 Å². The lowest BCUT2D eigenvalue weighted by molar-refractivity contribution is -0.141. The molecule has 0 saturated carbocycles. The molecule has 204 valence electrons. The van der Waals surface area contributed by atoms with Gasteiger partial charge in [-0.05, 0) is 49.4 Å². The molecule has 3 amide bonds. The van der Waals surface area contributed by atoms with Crippen molar-refractivity contribution in [1.29, 1.82) is 0 Å². The van der Waals surface area contributed by atoms with Crippen LogP contribution in [0.2, 0.25) is 0 Å². The molecule has 2 aromatic rings. The summed E-state index contributed by atoms with van der Waals surface area (Å²) in [7, 11) is 0. The lowest BCUT2D eigenvalue weighted by atomic mass is 9.67. The number of hydrogen-bond acceptors (Lipinski definition) is 3. The first kappa shape index (κ1) is 27.6. The molecule has 38 heavy (non-hydrogen) atoms. The van der Waals surface area contributed by atoms with Crippen molar-refractivity contribution in [2.75, 3.05) is 19.6 Å². The SMILES string of the molecule is Cc1ccc(C2CNC(=O)C23CCN(C(=O)[C@H](NC(=O)c2cc(C(F)(F)F)ccc2F)C(C)C)CC3)cc1. The van der Waals surface area contributed by atoms with Crippen molar-refractivity contribution >= 4 is 17.7 Å². The van der Waals surface area contributed by atoms with Crippen molar-refractivity contribution in [3.05, 3.63) is 70.5 Å². The van der Waals surface area contributed by atoms with Crippen LogP contribution in [0.4, 0.5) is 17.6 Å². The maximum atomic E-state index is 14.3. The summed E-state index contributed by atoms with van der Waals surface area (Å²) in [6, 6.07) is 8.58. The van der Waals surface area contributed by atoms with E-state index in [-0.39, 0.29) is 24.9 Å². The third-order valence-electron chi connectivity index (χ3n) is 7.79. The molecule has 2 N–H and O–H groups in total. The number of likely N-dealkylation sites (tertiary alicyclic amines) is 1. The summed E-state index contributed by atoms with van der Waals surface area (Å²) in [6.45, 7) is 6.45. The van der Waals surface area contributed by atoms with Crippen LogP contribution in [0.25, 0.3) is 0 Å². The summed E-state index contributed by atoms with van der Waals surface area (Å²) in [5.41, 5.74) is -0.407. The van der Waals surface area contributed by atoms with Gasteiger partial charge in [0, 0.05) is 25.6 Å². The molecule has 2 atom stereocenters. The Morgan fingerprint density at radius 1 is 1.08 bits per heavy atom. The molecule has 2 aliphatic heterocycles. The number of halogens is 4. The zero-order chi connectivity index (χ0) is 27.8. The van der Waals surface area contributed by atoms with Gasteiger partial charge in [0.25, 0.3) is 5.91 Å². The molecule has 2 fully saturated rings. The lowest BCUT2D eigenvalue weighted by Gasteiger charge is -2.42. The molecule has 6 nitrogen and oxygen atoms in total. The second kappa shape index (κ2) is 10.4. The molecule has 0 aliphatic carbocycles. The molecular formula is C28H31F4N3O3. The van der Waals surface area contributed by atoms with Gasteiger partial charge in [-0.2, -0.15) is 13.2 Å². The number of nitrogens with zero attached hydrogens (tertiary/aromatic N) is 1. The fourth-order valence-corrected chi connectivity index (χ4v) is 5.47. The monoisotopic (exact) mass is 533 g/mol. The van der Waals surface area contributed by atoms with Crippen LogP contribution in [-0.4, -0.2) is 48.3 Å². The van der Waals surface area contributed by atoms with E-state index >= 15 is 0 Å². The van der Waals surface area contributed by atoms with Crippen LogP contribution >= 0.6 is 0 Å². The number of aryl methyl sites for hydroxylation is 1. The third kappa shape index (κ3) is 5.26. The number of nitrogens with one attached hydrogen (secondary N) is 2. The topological polar surface area (TPSA) is 78.5 Å². The van der Waals surface area contributed by atoms with Crippen LogP contribution in [0, 0.1) is 24.1 Å². The lowest BCUT2D eigenvalue weighted by Crippen LogP contribution is -2.55. The first-order chi connectivity index (χ1) is 17.8. The highest BCUT2D eigenvalue weighted by atomic mass is 19.4. The van der Waals surface area contributed by atoms with E-state index in [0.717, 1.165) is 11.1 Å². The van der Waals surface area contributed by atoms with E-state index in [9.17, 15) is 31.9 Å². The van der Waals surface area contributed by atoms with E-state index in [1.165, 1.54) is 0 Å². The molecule has 2 saturated heterocycles. The third-order valence-corrected chi connectivity index (χ3v) is 7.79. The molecular weight excluding hydrogens is 502 g/mol. The molecule has 2 aromatic carbocycles. The number of piperidine rings is 1. The van der Waals surface area contributed by atoms with Crippen molar-refractivity contribution in [3.8, 4) is 0 Å². The summed E-state index contributed by atoms with van der Waals surface area (Å²) < 4.78 is 53.5. The summed E-state index contributed by atoms with van der Waals surface area (Å²) >= 11 is 0. The second-order valence-corrected chi connectivity index (χ2v) is 10.5. The van der Waals surface area contributed by atoms with Crippen molar-refractivity contribution in [3.63, 3.8) is 0 Å². The second-order valence-electron chi connectivity index (χ2n) is 10.5. The minimum absolute atomic E-state index is 0.0302. The predicted molar refractivity (Wildman–Crippen MR) is 133 cm³/mol. The van der Waals surface area contributed by atoms with Gasteiger partial charge in [-0.1, -0.05) is 43.7 Å². The van der Waals surface area contributed by atoms with Crippen LogP contribution in [0.3, 0.4) is 0 Å². The van der Waals surface area contributed by atoms with Gasteiger partial charge >= 0.3 is 6.18 Å². The fourth-order valence-electron chi connectivity index (χ4n) is 5.47. The summed E-state index contributed by atoms with van der Waals surface area (Å²) in [5.74, 6) is -3.10. The molecule has 0 radical (unpaired) electrons. The van der Waals surface area contributed by atoms with Gasteiger partial charge in [0.2, 0.25) is 11.8 Å². The molecule has 0 aromatic heterocycles. The van der Waals surface area contributed by atoms with E-state index in [1.807, 2.05) is 31.2 Å². The van der Waals surface area contributed by atoms with Crippen LogP contribution in [0.15, 0.2) is 42.5 Å². The zero-order valence-electron chi connectivity index (χ0n) is 21.5. The number of carbonyl (C=O) groups is 3. The summed E-state index contributed by atoms with van der Waals surface area (Å²) in [4.78, 5) is 40.7. The Morgan fingerprint density at radius 2 is 1.71 bits per heavy atom. The van der Waals surface area contributed by atoms with Gasteiger partial charge < -0.3 is 15.5 Å². The van der Waals surface area contributed by atoms with Crippen LogP contribution < -0.4 is 10.6 Å². The number of hydrogen-bond donors (Lipinski definition) is 2. The minimum atomic E-state index is -4.75. The van der Waals surface area contributed by atoms with E-state index in [1.54, 1.807) is 18.7 Å². The van der Waals surface area contributed by atoms with Gasteiger partial charge in [0.05, 0.1) is 16.5 Å². The van der Waals surface area contributed by atoms with E-state index in [0.29, 0.717) is 37.6 Å². The summed E-state index contributed by atoms with van der Waals surface area (Å²) in [5, 5.41) is 5.42. The van der Waals surface area contributed by atoms with Gasteiger partial charge in [0.15, 0.2) is 0 Å². The van der Waals surface area contributed by atoms with Crippen LogP contribution in [0.1, 0.15) is 59.7 Å². The highest BCUT2D eigenvalue weighted by Crippen LogP contribution is 2.47. The Morgan fingerprint density at radius 3 is 2.29 bits per heavy atom. The first-order valence-corrected chi connectivity index (χ1v) is 12.6. The number of amides is 3. The fraction of sp³-hybridized carbons (Fsp3) is 0.464. The van der Waals surface area contributed by atoms with E-state index in [4.69, 9.17) is 0 Å². The largest absolute Gasteiger partial charge is 0.416 e. The minimum Gasteiger partial charge on any atom is -0.355 e. The molecule has 4 rings (SSSR count). The normalized spacial score (nSPS) is 19.9. The Labute approximate surface area is 218 Å². The maximum Gasteiger partial charge on any atom is 0.416 e. The van der Waals surface area contributed by atoms with E-state index in [2.05, 4.69) is 10.6 Å². The Balaban J connectivity index is 1.48. The standard InChI is InChI=1S/C28H31F4N3O3/c1-16(2)23(34-24(36)20-14-19(28(30,31)32)8-9-22(20)29)25(37)35-12-10-27(11-13-35)21(15-33-26(27)38)18-6-4-17(3)5-7-18/h4-9,14,16,21,23H,10-13,15H2,1-3H3,(H,33,38)(H,34,36)/t21?,23-/m1/s1. The van der Waals surface area contributed by atoms with Crippen LogP contribution in [0.5, 0.6) is 0 Å². The quantitative estimate of drug-likeness (QED) is 0.559. The molecule has 0 bridgehead atoms. The molecule has 1 unspecified atom stereocenters. The number of carbonyl (C=O) groups excluding carboxylic acids is 3. The number of benzene rings is 2. The Kier molecular flexibility index (Phi) is 7.54. The maximum absolute atomic E-state index is 14.3. The number of rotatable bonds is 5. The highest BCUT2D eigenvalue weighted by molar-refractivity contribution is 5.98. The molecule has 10 heteroatoms. The molecule has 2 aliphatic rings. The average molecular weight is 534 g/mol. The highest BCUT2D eigenvalue weighted by Gasteiger charge is 2.52. The zero-order valence-corrected chi connectivity index (χ0v) is 21.5. The predicted octanol–water partition coefficient (Wildman–Crippen LogP) is 4.43. The van der Waals surface area contributed by atoms with Crippen molar-refractivity contribution in [2.45, 2.75) is 51.7 Å². The summed E-state index contributed by atoms with van der Waals surface area (Å²) in [6.07, 6.45) is -3.88. The van der Waals surface area contributed by atoms with Crippen molar-refractivity contribution in [1.82, 2.24) is 15.5 Å². The van der Waals surface area contributed by atoms with Gasteiger partial charge in [-0.25, -0.2) is 4.39 Å².